The molecule has 2 aromatic rings. The molecule has 1 saturated heterocycles. The number of rotatable bonds is 3. The fourth-order valence-electron chi connectivity index (χ4n) is 2.12. The van der Waals surface area contributed by atoms with E-state index in [1.165, 1.54) is 30.5 Å². The van der Waals surface area contributed by atoms with Crippen LogP contribution in [0.2, 0.25) is 0 Å². The molecule has 0 aliphatic carbocycles. The van der Waals surface area contributed by atoms with E-state index in [1.54, 1.807) is 6.07 Å². The molecular formula is C13H14N4OS. The maximum atomic E-state index is 11.9. The van der Waals surface area contributed by atoms with Gasteiger partial charge in [-0.15, -0.1) is 11.3 Å². The third kappa shape index (κ3) is 2.73. The van der Waals surface area contributed by atoms with E-state index < -0.39 is 0 Å². The summed E-state index contributed by atoms with van der Waals surface area (Å²) >= 11 is 1.41. The van der Waals surface area contributed by atoms with Crippen LogP contribution in [0.1, 0.15) is 22.5 Å². The molecule has 2 aromatic heterocycles. The molecule has 1 aliphatic heterocycles. The summed E-state index contributed by atoms with van der Waals surface area (Å²) in [5, 5.41) is 4.68. The molecular weight excluding hydrogens is 260 g/mol. The van der Waals surface area contributed by atoms with Gasteiger partial charge in [-0.25, -0.2) is 9.97 Å². The highest BCUT2D eigenvalue weighted by Crippen LogP contribution is 2.20. The zero-order valence-corrected chi connectivity index (χ0v) is 11.2. The van der Waals surface area contributed by atoms with Gasteiger partial charge >= 0.3 is 0 Å². The van der Waals surface area contributed by atoms with Gasteiger partial charge in [-0.3, -0.25) is 4.79 Å². The quantitative estimate of drug-likeness (QED) is 0.933. The van der Waals surface area contributed by atoms with Crippen molar-refractivity contribution in [1.29, 1.82) is 0 Å². The molecule has 1 amide bonds. The average molecular weight is 274 g/mol. The zero-order chi connectivity index (χ0) is 13.1. The summed E-state index contributed by atoms with van der Waals surface area (Å²) in [6.07, 6.45) is 3.89. The van der Waals surface area contributed by atoms with Crippen LogP contribution in [-0.4, -0.2) is 29.0 Å². The van der Waals surface area contributed by atoms with Crippen LogP contribution < -0.4 is 10.2 Å². The lowest BCUT2D eigenvalue weighted by molar-refractivity contribution is 0.103. The molecule has 19 heavy (non-hydrogen) atoms. The first-order valence-electron chi connectivity index (χ1n) is 6.25. The van der Waals surface area contributed by atoms with E-state index in [0.717, 1.165) is 18.9 Å². The van der Waals surface area contributed by atoms with Gasteiger partial charge in [-0.1, -0.05) is 6.07 Å². The molecule has 3 heterocycles. The predicted molar refractivity (Wildman–Crippen MR) is 75.8 cm³/mol. The van der Waals surface area contributed by atoms with E-state index in [-0.39, 0.29) is 5.91 Å². The molecule has 0 radical (unpaired) electrons. The van der Waals surface area contributed by atoms with Crippen molar-refractivity contribution in [3.05, 3.63) is 34.8 Å². The Balaban J connectivity index is 1.74. The maximum Gasteiger partial charge on any atom is 0.266 e. The summed E-state index contributed by atoms with van der Waals surface area (Å²) < 4.78 is 0. The monoisotopic (exact) mass is 274 g/mol. The first kappa shape index (κ1) is 12.1. The molecule has 0 atom stereocenters. The Bertz CT molecular complexity index is 564. The van der Waals surface area contributed by atoms with Crippen LogP contribution in [0.5, 0.6) is 0 Å². The minimum atomic E-state index is -0.124. The van der Waals surface area contributed by atoms with Crippen LogP contribution in [0.3, 0.4) is 0 Å². The van der Waals surface area contributed by atoms with Gasteiger partial charge in [0.05, 0.1) is 4.88 Å². The summed E-state index contributed by atoms with van der Waals surface area (Å²) in [6, 6.07) is 5.48. The molecule has 0 unspecified atom stereocenters. The van der Waals surface area contributed by atoms with Gasteiger partial charge in [-0.2, -0.15) is 0 Å². The average Bonchev–Trinajstić information content (AvgIpc) is 3.13. The van der Waals surface area contributed by atoms with Gasteiger partial charge in [0, 0.05) is 19.2 Å². The summed E-state index contributed by atoms with van der Waals surface area (Å²) in [7, 11) is 0. The fourth-order valence-corrected chi connectivity index (χ4v) is 2.74. The SMILES string of the molecule is O=C(Nc1cc(N2CCCC2)ncn1)c1cccs1. The van der Waals surface area contributed by atoms with E-state index in [0.29, 0.717) is 10.7 Å². The molecule has 0 spiro atoms. The lowest BCUT2D eigenvalue weighted by atomic mass is 10.4. The number of nitrogens with one attached hydrogen (secondary N) is 1. The van der Waals surface area contributed by atoms with Crippen molar-refractivity contribution in [2.24, 2.45) is 0 Å². The minimum Gasteiger partial charge on any atom is -0.356 e. The van der Waals surface area contributed by atoms with Crippen molar-refractivity contribution < 1.29 is 4.79 Å². The van der Waals surface area contributed by atoms with Gasteiger partial charge in [0.25, 0.3) is 5.91 Å². The summed E-state index contributed by atoms with van der Waals surface area (Å²) in [5.74, 6) is 1.31. The Kier molecular flexibility index (Phi) is 3.41. The first-order chi connectivity index (χ1) is 9.33. The summed E-state index contributed by atoms with van der Waals surface area (Å²) in [4.78, 5) is 23.2. The molecule has 1 fully saturated rings. The molecule has 1 N–H and O–H groups in total. The molecule has 0 bridgehead atoms. The highest BCUT2D eigenvalue weighted by Gasteiger charge is 2.15. The Morgan fingerprint density at radius 1 is 1.32 bits per heavy atom. The van der Waals surface area contributed by atoms with Gasteiger partial charge < -0.3 is 10.2 Å². The lowest BCUT2D eigenvalue weighted by Crippen LogP contribution is -2.20. The van der Waals surface area contributed by atoms with E-state index in [9.17, 15) is 4.79 Å². The van der Waals surface area contributed by atoms with E-state index in [1.807, 2.05) is 17.5 Å². The summed E-state index contributed by atoms with van der Waals surface area (Å²) in [5.41, 5.74) is 0. The number of hydrogen-bond donors (Lipinski definition) is 1. The molecule has 98 valence electrons. The van der Waals surface area contributed by atoms with Crippen LogP contribution in [0.15, 0.2) is 29.9 Å². The van der Waals surface area contributed by atoms with Crippen molar-refractivity contribution in [3.63, 3.8) is 0 Å². The number of hydrogen-bond acceptors (Lipinski definition) is 5. The fraction of sp³-hybridized carbons (Fsp3) is 0.308. The van der Waals surface area contributed by atoms with Crippen LogP contribution in [0.4, 0.5) is 11.6 Å². The number of carbonyl (C=O) groups is 1. The summed E-state index contributed by atoms with van der Waals surface area (Å²) in [6.45, 7) is 2.05. The number of aromatic nitrogens is 2. The van der Waals surface area contributed by atoms with Gasteiger partial charge in [-0.05, 0) is 24.3 Å². The van der Waals surface area contributed by atoms with Crippen LogP contribution in [0.25, 0.3) is 0 Å². The number of nitrogens with zero attached hydrogens (tertiary/aromatic N) is 3. The second-order valence-electron chi connectivity index (χ2n) is 4.39. The van der Waals surface area contributed by atoms with Gasteiger partial charge in [0.15, 0.2) is 0 Å². The predicted octanol–water partition coefficient (Wildman–Crippen LogP) is 2.39. The standard InChI is InChI=1S/C13H14N4OS/c18-13(10-4-3-7-19-10)16-11-8-12(15-9-14-11)17-5-1-2-6-17/h3-4,7-9H,1-2,5-6H2,(H,14,15,16,18). The van der Waals surface area contributed by atoms with E-state index in [4.69, 9.17) is 0 Å². The Morgan fingerprint density at radius 2 is 2.16 bits per heavy atom. The van der Waals surface area contributed by atoms with Crippen LogP contribution in [-0.2, 0) is 0 Å². The highest BCUT2D eigenvalue weighted by atomic mass is 32.1. The topological polar surface area (TPSA) is 58.1 Å². The van der Waals surface area contributed by atoms with Crippen molar-refractivity contribution in [3.8, 4) is 0 Å². The second kappa shape index (κ2) is 5.36. The molecule has 5 nitrogen and oxygen atoms in total. The third-order valence-corrected chi connectivity index (χ3v) is 3.94. The number of thiophene rings is 1. The highest BCUT2D eigenvalue weighted by molar-refractivity contribution is 7.12. The molecule has 6 heteroatoms. The molecule has 3 rings (SSSR count). The van der Waals surface area contributed by atoms with Crippen molar-refractivity contribution in [1.82, 2.24) is 9.97 Å². The van der Waals surface area contributed by atoms with Crippen molar-refractivity contribution in [2.75, 3.05) is 23.3 Å². The third-order valence-electron chi connectivity index (χ3n) is 3.07. The number of amides is 1. The number of carbonyl (C=O) groups excluding carboxylic acids is 1. The van der Waals surface area contributed by atoms with Gasteiger partial charge in [0.1, 0.15) is 18.0 Å². The van der Waals surface area contributed by atoms with E-state index >= 15 is 0 Å². The smallest absolute Gasteiger partial charge is 0.266 e. The second-order valence-corrected chi connectivity index (χ2v) is 5.33. The van der Waals surface area contributed by atoms with Crippen LogP contribution in [0, 0.1) is 0 Å². The van der Waals surface area contributed by atoms with Gasteiger partial charge in [0.2, 0.25) is 0 Å². The number of anilines is 2. The first-order valence-corrected chi connectivity index (χ1v) is 7.13. The normalized spacial score (nSPS) is 14.6. The molecule has 0 saturated carbocycles. The largest absolute Gasteiger partial charge is 0.356 e. The Morgan fingerprint density at radius 3 is 2.89 bits per heavy atom. The van der Waals surface area contributed by atoms with Crippen LogP contribution >= 0.6 is 11.3 Å². The Hall–Kier alpha value is -1.95. The van der Waals surface area contributed by atoms with Crippen molar-refractivity contribution in [2.45, 2.75) is 12.8 Å². The minimum absolute atomic E-state index is 0.124. The maximum absolute atomic E-state index is 11.9. The Labute approximate surface area is 115 Å². The van der Waals surface area contributed by atoms with Crippen molar-refractivity contribution >= 4 is 28.9 Å². The molecule has 1 aliphatic rings. The zero-order valence-electron chi connectivity index (χ0n) is 10.4. The van der Waals surface area contributed by atoms with E-state index in [2.05, 4.69) is 20.2 Å². The lowest BCUT2D eigenvalue weighted by Gasteiger charge is -2.16. The molecule has 0 aromatic carbocycles.